The van der Waals surface area contributed by atoms with Crippen LogP contribution in [-0.2, 0) is 9.73 Å². The number of carbonyl (C=O) groups excluding carboxylic acids is 1. The van der Waals surface area contributed by atoms with Gasteiger partial charge >= 0.3 is 0 Å². The summed E-state index contributed by atoms with van der Waals surface area (Å²) in [6, 6.07) is 11.8. The van der Waals surface area contributed by atoms with Crippen molar-refractivity contribution in [3.8, 4) is 17.6 Å². The normalized spacial score (nSPS) is 12.2. The van der Waals surface area contributed by atoms with Crippen LogP contribution in [-0.4, -0.2) is 33.4 Å². The molecule has 0 saturated carbocycles. The molecule has 0 aliphatic carbocycles. The van der Waals surface area contributed by atoms with E-state index in [1.165, 1.54) is 12.5 Å². The van der Waals surface area contributed by atoms with Crippen LogP contribution in [0.3, 0.4) is 0 Å². The van der Waals surface area contributed by atoms with Gasteiger partial charge in [-0.2, -0.15) is 4.36 Å². The summed E-state index contributed by atoms with van der Waals surface area (Å²) in [6.07, 6.45) is 7.66. The van der Waals surface area contributed by atoms with Crippen molar-refractivity contribution in [2.24, 2.45) is 4.36 Å². The first-order valence-corrected chi connectivity index (χ1v) is 10.2. The largest absolute Gasteiger partial charge is 0.497 e. The third-order valence-electron chi connectivity index (χ3n) is 3.75. The molecule has 7 heteroatoms. The number of methoxy groups -OCH3 is 1. The van der Waals surface area contributed by atoms with Crippen molar-refractivity contribution < 1.29 is 13.7 Å². The predicted octanol–water partition coefficient (Wildman–Crippen LogP) is 3.18. The number of rotatable bonds is 3. The van der Waals surface area contributed by atoms with Crippen LogP contribution in [0.15, 0.2) is 76.5 Å². The number of nitrogens with zero attached hydrogens (tertiary/aromatic N) is 3. The molecule has 1 unspecified atom stereocenters. The highest BCUT2D eigenvalue weighted by molar-refractivity contribution is 7.93. The molecule has 140 valence electrons. The number of hydrogen-bond donors (Lipinski definition) is 0. The van der Waals surface area contributed by atoms with Crippen molar-refractivity contribution in [1.29, 1.82) is 0 Å². The van der Waals surface area contributed by atoms with E-state index in [2.05, 4.69) is 26.2 Å². The SMILES string of the molecule is COc1ccc(S(C)(=O)=NC(=O)c2cncc(C#Cc3cccnc3)c2)cc1. The number of hydrogen-bond acceptors (Lipinski definition) is 5. The molecular formula is C21H17N3O3S. The van der Waals surface area contributed by atoms with E-state index < -0.39 is 15.6 Å². The van der Waals surface area contributed by atoms with Crippen LogP contribution in [0.5, 0.6) is 5.75 Å². The summed E-state index contributed by atoms with van der Waals surface area (Å²) in [5, 5.41) is 0. The van der Waals surface area contributed by atoms with Gasteiger partial charge in [0.05, 0.1) is 22.4 Å². The Balaban J connectivity index is 1.87. The molecule has 0 aliphatic rings. The van der Waals surface area contributed by atoms with Crippen molar-refractivity contribution in [3.05, 3.63) is 83.9 Å². The number of pyridine rings is 2. The van der Waals surface area contributed by atoms with Crippen molar-refractivity contribution in [1.82, 2.24) is 9.97 Å². The van der Waals surface area contributed by atoms with Crippen LogP contribution in [0.1, 0.15) is 21.5 Å². The van der Waals surface area contributed by atoms with Gasteiger partial charge < -0.3 is 4.74 Å². The zero-order valence-corrected chi connectivity index (χ0v) is 16.1. The summed E-state index contributed by atoms with van der Waals surface area (Å²) in [7, 11) is -1.36. The smallest absolute Gasteiger partial charge is 0.286 e. The average molecular weight is 391 g/mol. The molecule has 1 atom stereocenters. The lowest BCUT2D eigenvalue weighted by Gasteiger charge is -2.05. The number of aromatic nitrogens is 2. The van der Waals surface area contributed by atoms with Gasteiger partial charge in [0.15, 0.2) is 0 Å². The number of carbonyl (C=O) groups is 1. The van der Waals surface area contributed by atoms with E-state index in [0.29, 0.717) is 16.2 Å². The first kappa shape index (κ1) is 19.3. The fraction of sp³-hybridized carbons (Fsp3) is 0.0952. The van der Waals surface area contributed by atoms with Crippen LogP contribution < -0.4 is 4.74 Å². The zero-order chi connectivity index (χ0) is 20.0. The molecule has 0 saturated heterocycles. The maximum atomic E-state index is 12.9. The fourth-order valence-electron chi connectivity index (χ4n) is 2.30. The molecule has 6 nitrogen and oxygen atoms in total. The molecule has 0 fully saturated rings. The minimum atomic E-state index is -2.90. The molecular weight excluding hydrogens is 374 g/mol. The van der Waals surface area contributed by atoms with Gasteiger partial charge in [0, 0.05) is 47.1 Å². The molecule has 3 aromatic rings. The minimum absolute atomic E-state index is 0.223. The monoisotopic (exact) mass is 391 g/mol. The Hall–Kier alpha value is -3.50. The van der Waals surface area contributed by atoms with E-state index in [1.807, 2.05) is 6.07 Å². The first-order chi connectivity index (χ1) is 13.5. The molecule has 1 aromatic carbocycles. The topological polar surface area (TPSA) is 81.5 Å². The zero-order valence-electron chi connectivity index (χ0n) is 15.3. The van der Waals surface area contributed by atoms with Crippen molar-refractivity contribution in [2.75, 3.05) is 13.4 Å². The van der Waals surface area contributed by atoms with Crippen LogP contribution in [0.25, 0.3) is 0 Å². The standard InChI is InChI=1S/C21H17N3O3S/c1-27-19-7-9-20(10-8-19)28(2,26)24-21(25)18-12-17(14-23-15-18)6-5-16-4-3-11-22-13-16/h3-4,7-15H,1-2H3. The second-order valence-electron chi connectivity index (χ2n) is 5.83. The van der Waals surface area contributed by atoms with Crippen LogP contribution in [0, 0.1) is 11.8 Å². The molecule has 0 bridgehead atoms. The molecule has 1 amide bonds. The van der Waals surface area contributed by atoms with Crippen LogP contribution >= 0.6 is 0 Å². The fourth-order valence-corrected chi connectivity index (χ4v) is 3.47. The Morgan fingerprint density at radius 1 is 1.04 bits per heavy atom. The number of benzene rings is 1. The van der Waals surface area contributed by atoms with E-state index in [9.17, 15) is 9.00 Å². The molecule has 2 aromatic heterocycles. The summed E-state index contributed by atoms with van der Waals surface area (Å²) in [5.74, 6) is 5.90. The quantitative estimate of drug-likeness (QED) is 0.641. The van der Waals surface area contributed by atoms with E-state index in [4.69, 9.17) is 4.74 Å². The first-order valence-electron chi connectivity index (χ1n) is 8.25. The lowest BCUT2D eigenvalue weighted by molar-refractivity contribution is 0.100. The van der Waals surface area contributed by atoms with Crippen molar-refractivity contribution >= 4 is 15.6 Å². The Morgan fingerprint density at radius 3 is 2.43 bits per heavy atom. The Kier molecular flexibility index (Phi) is 5.82. The Bertz CT molecular complexity index is 1170. The average Bonchev–Trinajstić information content (AvgIpc) is 2.73. The molecule has 0 N–H and O–H groups in total. The molecule has 0 aliphatic heterocycles. The summed E-state index contributed by atoms with van der Waals surface area (Å²) in [5.41, 5.74) is 1.53. The third kappa shape index (κ3) is 4.81. The van der Waals surface area contributed by atoms with Gasteiger partial charge in [0.1, 0.15) is 5.75 Å². The summed E-state index contributed by atoms with van der Waals surface area (Å²) in [6.45, 7) is 0. The van der Waals surface area contributed by atoms with E-state index in [1.54, 1.807) is 62.1 Å². The second kappa shape index (κ2) is 8.46. The number of ether oxygens (including phenoxy) is 1. The third-order valence-corrected chi connectivity index (χ3v) is 5.41. The van der Waals surface area contributed by atoms with Crippen LogP contribution in [0.2, 0.25) is 0 Å². The van der Waals surface area contributed by atoms with Crippen molar-refractivity contribution in [2.45, 2.75) is 4.90 Å². The highest BCUT2D eigenvalue weighted by atomic mass is 32.2. The lowest BCUT2D eigenvalue weighted by Crippen LogP contribution is -2.04. The minimum Gasteiger partial charge on any atom is -0.497 e. The maximum Gasteiger partial charge on any atom is 0.286 e. The maximum absolute atomic E-state index is 12.9. The molecule has 3 rings (SSSR count). The highest BCUT2D eigenvalue weighted by Crippen LogP contribution is 2.18. The summed E-state index contributed by atoms with van der Waals surface area (Å²) in [4.78, 5) is 21.0. The summed E-state index contributed by atoms with van der Waals surface area (Å²) >= 11 is 0. The molecule has 0 radical (unpaired) electrons. The molecule has 28 heavy (non-hydrogen) atoms. The van der Waals surface area contributed by atoms with E-state index >= 15 is 0 Å². The predicted molar refractivity (Wildman–Crippen MR) is 107 cm³/mol. The van der Waals surface area contributed by atoms with Gasteiger partial charge in [0.2, 0.25) is 0 Å². The van der Waals surface area contributed by atoms with Gasteiger partial charge in [-0.3, -0.25) is 14.8 Å². The van der Waals surface area contributed by atoms with Gasteiger partial charge in [-0.05, 0) is 42.5 Å². The van der Waals surface area contributed by atoms with E-state index in [-0.39, 0.29) is 5.56 Å². The van der Waals surface area contributed by atoms with Crippen molar-refractivity contribution in [3.63, 3.8) is 0 Å². The van der Waals surface area contributed by atoms with Gasteiger partial charge in [-0.25, -0.2) is 4.21 Å². The van der Waals surface area contributed by atoms with Gasteiger partial charge in [0.25, 0.3) is 5.91 Å². The highest BCUT2D eigenvalue weighted by Gasteiger charge is 2.12. The molecule has 0 spiro atoms. The van der Waals surface area contributed by atoms with E-state index in [0.717, 1.165) is 5.56 Å². The Labute approximate surface area is 163 Å². The van der Waals surface area contributed by atoms with Gasteiger partial charge in [-0.15, -0.1) is 0 Å². The lowest BCUT2D eigenvalue weighted by atomic mass is 10.2. The summed E-state index contributed by atoms with van der Waals surface area (Å²) < 4.78 is 21.9. The Morgan fingerprint density at radius 2 is 1.75 bits per heavy atom. The number of amides is 1. The van der Waals surface area contributed by atoms with Crippen LogP contribution in [0.4, 0.5) is 0 Å². The molecule has 2 heterocycles. The second-order valence-corrected chi connectivity index (χ2v) is 8.09. The van der Waals surface area contributed by atoms with Gasteiger partial charge in [-0.1, -0.05) is 11.8 Å².